The first kappa shape index (κ1) is 22.3. The molecule has 40 heavy (non-hydrogen) atoms. The number of carbonyl (C=O) groups excluding carboxylic acids is 1. The zero-order chi connectivity index (χ0) is 32.5. The number of rotatable bonds is 14. The summed E-state index contributed by atoms with van der Waals surface area (Å²) >= 11 is 0. The number of methoxy groups -OCH3 is 2. The molecule has 7 nitrogen and oxygen atoms in total. The summed E-state index contributed by atoms with van der Waals surface area (Å²) in [6, 6.07) is 26.7. The second-order valence-corrected chi connectivity index (χ2v) is 8.90. The van der Waals surface area contributed by atoms with E-state index in [0.717, 1.165) is 11.1 Å². The molecule has 2 N–H and O–H groups in total. The number of hydrogen-bond acceptors (Lipinski definition) is 6. The van der Waals surface area contributed by atoms with Crippen LogP contribution >= 0.6 is 0 Å². The third-order valence-electron chi connectivity index (χ3n) is 6.15. The van der Waals surface area contributed by atoms with E-state index >= 15 is 0 Å². The van der Waals surface area contributed by atoms with E-state index in [-0.39, 0.29) is 36.5 Å². The summed E-state index contributed by atoms with van der Waals surface area (Å²) in [5.74, 6) is 0.165. The minimum Gasteiger partial charge on any atom is -0.493 e. The van der Waals surface area contributed by atoms with Gasteiger partial charge in [0.15, 0.2) is 23.0 Å². The van der Waals surface area contributed by atoms with Gasteiger partial charge in [-0.2, -0.15) is 0 Å². The van der Waals surface area contributed by atoms with Gasteiger partial charge in [-0.3, -0.25) is 4.79 Å². The van der Waals surface area contributed by atoms with Crippen molar-refractivity contribution in [2.75, 3.05) is 20.6 Å². The molecule has 0 heterocycles. The van der Waals surface area contributed by atoms with Crippen molar-refractivity contribution < 1.29 is 35.7 Å². The summed E-state index contributed by atoms with van der Waals surface area (Å²) in [7, 11) is -1.28. The Hall–Kier alpha value is -4.49. The molecule has 4 aromatic rings. The molecule has 0 aliphatic rings. The molecule has 0 atom stereocenters. The van der Waals surface area contributed by atoms with Crippen LogP contribution in [-0.2, 0) is 37.5 Å². The highest BCUT2D eigenvalue weighted by Gasteiger charge is 2.17. The molecule has 0 fully saturated rings. The zero-order valence-electron chi connectivity index (χ0n) is 27.2. The van der Waals surface area contributed by atoms with Crippen molar-refractivity contribution in [2.45, 2.75) is 32.7 Å². The van der Waals surface area contributed by atoms with Crippen LogP contribution in [0.4, 0.5) is 0 Å². The van der Waals surface area contributed by atoms with E-state index in [1.54, 1.807) is 18.2 Å². The molecule has 0 radical (unpaired) electrons. The van der Waals surface area contributed by atoms with Gasteiger partial charge < -0.3 is 29.4 Å². The molecule has 4 aromatic carbocycles. The Kier molecular flexibility index (Phi) is 8.16. The topological polar surface area (TPSA) is 86.3 Å². The molecule has 4 rings (SSSR count). The first-order valence-electron chi connectivity index (χ1n) is 15.2. The lowest BCUT2D eigenvalue weighted by Gasteiger charge is -2.17. The zero-order valence-corrected chi connectivity index (χ0v) is 22.2. The van der Waals surface area contributed by atoms with Gasteiger partial charge in [0.1, 0.15) is 13.2 Å². The van der Waals surface area contributed by atoms with Gasteiger partial charge in [0, 0.05) is 14.8 Å². The molecule has 0 aromatic heterocycles. The standard InChI is InChI=1S/C33H35NO6/c1-37-30-16-14-27(28(21-35)33(30)40-23-26-11-7-4-8-12-26)20-32(36)34-18-17-24-13-15-29(31(19-24)38-2)39-22-25-9-5-3-6-10-25/h3-16,19,35H,17-18,20-23H2,1-2H3,(H,34,36)/i1D3,18D2. The van der Waals surface area contributed by atoms with Gasteiger partial charge >= 0.3 is 0 Å². The first-order valence-corrected chi connectivity index (χ1v) is 12.7. The largest absolute Gasteiger partial charge is 0.493 e. The SMILES string of the molecule is [2H]C([2H])(Cc1ccc(OCc2ccccc2)c(OC)c1)NC(=O)Cc1ccc(OC([2H])([2H])[2H])c(OCc2ccccc2)c1CO. The van der Waals surface area contributed by atoms with Crippen molar-refractivity contribution in [3.8, 4) is 23.0 Å². The number of nitrogens with one attached hydrogen (secondary N) is 1. The Labute approximate surface area is 242 Å². The number of amides is 1. The second kappa shape index (κ2) is 14.6. The number of carbonyl (C=O) groups is 1. The molecule has 0 saturated heterocycles. The number of aliphatic hydroxyl groups excluding tert-OH is 1. The number of hydrogen-bond donors (Lipinski definition) is 2. The maximum atomic E-state index is 13.0. The van der Waals surface area contributed by atoms with E-state index in [1.165, 1.54) is 19.2 Å². The molecule has 0 bridgehead atoms. The van der Waals surface area contributed by atoms with E-state index in [9.17, 15) is 9.90 Å². The Morgan fingerprint density at radius 1 is 0.825 bits per heavy atom. The summed E-state index contributed by atoms with van der Waals surface area (Å²) < 4.78 is 61.9. The monoisotopic (exact) mass is 546 g/mol. The van der Waals surface area contributed by atoms with Crippen LogP contribution in [0, 0.1) is 0 Å². The molecule has 1 amide bonds. The first-order chi connectivity index (χ1) is 21.5. The minimum absolute atomic E-state index is 0.00698. The molecule has 0 aliphatic heterocycles. The van der Waals surface area contributed by atoms with Gasteiger partial charge in [-0.25, -0.2) is 0 Å². The van der Waals surface area contributed by atoms with Crippen molar-refractivity contribution in [2.24, 2.45) is 0 Å². The summed E-state index contributed by atoms with van der Waals surface area (Å²) in [4.78, 5) is 13.0. The van der Waals surface area contributed by atoms with Crippen molar-refractivity contribution >= 4 is 5.91 Å². The van der Waals surface area contributed by atoms with Crippen LogP contribution in [0.1, 0.15) is 34.7 Å². The quantitative estimate of drug-likeness (QED) is 0.225. The molecule has 208 valence electrons. The van der Waals surface area contributed by atoms with Gasteiger partial charge in [0.05, 0.1) is 31.3 Å². The number of aliphatic hydroxyl groups is 1. The molecule has 0 spiro atoms. The van der Waals surface area contributed by atoms with Crippen molar-refractivity contribution in [1.82, 2.24) is 5.32 Å². The highest BCUT2D eigenvalue weighted by Crippen LogP contribution is 2.35. The molecule has 0 saturated carbocycles. The van der Waals surface area contributed by atoms with Crippen LogP contribution in [0.25, 0.3) is 0 Å². The summed E-state index contributed by atoms with van der Waals surface area (Å²) in [6.45, 7) is -2.31. The summed E-state index contributed by atoms with van der Waals surface area (Å²) in [5, 5.41) is 12.6. The second-order valence-electron chi connectivity index (χ2n) is 8.90. The van der Waals surface area contributed by atoms with Crippen LogP contribution in [0.15, 0.2) is 91.0 Å². The summed E-state index contributed by atoms with van der Waals surface area (Å²) in [6.07, 6.45) is -0.460. The number of benzene rings is 4. The lowest BCUT2D eigenvalue weighted by atomic mass is 10.0. The average Bonchev–Trinajstić information content (AvgIpc) is 3.00. The Morgan fingerprint density at radius 3 is 2.15 bits per heavy atom. The highest BCUT2D eigenvalue weighted by atomic mass is 16.5. The molecular formula is C33H35NO6. The van der Waals surface area contributed by atoms with E-state index in [1.807, 2.05) is 60.7 Å². The molecule has 7 heteroatoms. The third-order valence-corrected chi connectivity index (χ3v) is 6.15. The van der Waals surface area contributed by atoms with Gasteiger partial charge in [0.25, 0.3) is 0 Å². The lowest BCUT2D eigenvalue weighted by molar-refractivity contribution is -0.120. The molecular weight excluding hydrogens is 506 g/mol. The van der Waals surface area contributed by atoms with E-state index in [0.29, 0.717) is 29.2 Å². The fourth-order valence-corrected chi connectivity index (χ4v) is 4.09. The van der Waals surface area contributed by atoms with E-state index in [4.69, 9.17) is 25.8 Å². The van der Waals surface area contributed by atoms with E-state index in [2.05, 4.69) is 5.32 Å². The van der Waals surface area contributed by atoms with Crippen molar-refractivity contribution in [3.63, 3.8) is 0 Å². The van der Waals surface area contributed by atoms with Gasteiger partial charge in [-0.1, -0.05) is 72.8 Å². The highest BCUT2D eigenvalue weighted by molar-refractivity contribution is 5.79. The summed E-state index contributed by atoms with van der Waals surface area (Å²) in [5.41, 5.74) is 2.85. The Balaban J connectivity index is 1.46. The lowest BCUT2D eigenvalue weighted by Crippen LogP contribution is -2.27. The Morgan fingerprint density at radius 2 is 1.50 bits per heavy atom. The van der Waals surface area contributed by atoms with Crippen LogP contribution in [-0.4, -0.2) is 31.7 Å². The Bertz CT molecular complexity index is 1570. The van der Waals surface area contributed by atoms with Gasteiger partial charge in [-0.15, -0.1) is 0 Å². The van der Waals surface area contributed by atoms with Crippen LogP contribution in [0.3, 0.4) is 0 Å². The molecule has 0 aliphatic carbocycles. The van der Waals surface area contributed by atoms with Crippen LogP contribution in [0.2, 0.25) is 0 Å². The fraction of sp³-hybridized carbons (Fsp3) is 0.242. The third kappa shape index (κ3) is 7.77. The van der Waals surface area contributed by atoms with Gasteiger partial charge in [0.2, 0.25) is 5.91 Å². The predicted molar refractivity (Wildman–Crippen MR) is 154 cm³/mol. The predicted octanol–water partition coefficient (Wildman–Crippen LogP) is 5.26. The van der Waals surface area contributed by atoms with Crippen molar-refractivity contribution in [3.05, 3.63) is 119 Å². The smallest absolute Gasteiger partial charge is 0.224 e. The number of ether oxygens (including phenoxy) is 4. The number of aryl methyl sites for hydroxylation is 1. The normalized spacial score (nSPS) is 13.1. The van der Waals surface area contributed by atoms with Crippen LogP contribution < -0.4 is 24.3 Å². The van der Waals surface area contributed by atoms with Gasteiger partial charge in [-0.05, 0) is 46.9 Å². The molecule has 0 unspecified atom stereocenters. The minimum atomic E-state index is -2.78. The van der Waals surface area contributed by atoms with Crippen LogP contribution in [0.5, 0.6) is 23.0 Å². The fourth-order valence-electron chi connectivity index (χ4n) is 4.09. The maximum Gasteiger partial charge on any atom is 0.224 e. The average molecular weight is 547 g/mol. The van der Waals surface area contributed by atoms with E-state index < -0.39 is 26.0 Å². The van der Waals surface area contributed by atoms with Crippen molar-refractivity contribution in [1.29, 1.82) is 0 Å². The maximum absolute atomic E-state index is 13.0.